The maximum Gasteiger partial charge on any atom is 0.270 e. The Bertz CT molecular complexity index is 1120. The van der Waals surface area contributed by atoms with Gasteiger partial charge in [-0.05, 0) is 32.3 Å². The number of carbonyl (C=O) groups excluding carboxylic acids is 1. The number of rotatable bonds is 7. The number of hydrogen-bond donors (Lipinski definition) is 0. The summed E-state index contributed by atoms with van der Waals surface area (Å²) in [6.45, 7) is 0.837. The third-order valence-corrected chi connectivity index (χ3v) is 6.17. The van der Waals surface area contributed by atoms with Crippen molar-refractivity contribution in [2.45, 2.75) is 0 Å². The van der Waals surface area contributed by atoms with Gasteiger partial charge in [0.15, 0.2) is 5.13 Å². The Hall–Kier alpha value is -2.17. The minimum absolute atomic E-state index is 0. The number of methoxy groups -OCH3 is 1. The van der Waals surface area contributed by atoms with E-state index in [2.05, 4.69) is 4.98 Å². The zero-order chi connectivity index (χ0) is 22.0. The second kappa shape index (κ2) is 10.4. The van der Waals surface area contributed by atoms with Gasteiger partial charge in [-0.2, -0.15) is 0 Å². The Morgan fingerprint density at radius 2 is 1.87 bits per heavy atom. The van der Waals surface area contributed by atoms with E-state index in [1.807, 2.05) is 19.0 Å². The molecule has 166 valence electrons. The van der Waals surface area contributed by atoms with Crippen molar-refractivity contribution in [1.82, 2.24) is 9.88 Å². The van der Waals surface area contributed by atoms with Gasteiger partial charge in [0.25, 0.3) is 11.6 Å². The summed E-state index contributed by atoms with van der Waals surface area (Å²) in [5.74, 6) is 0.0463. The molecule has 0 N–H and O–H groups in total. The van der Waals surface area contributed by atoms with Crippen LogP contribution in [0.15, 0.2) is 30.3 Å². The monoisotopic (exact) mass is 504 g/mol. The highest BCUT2D eigenvalue weighted by Gasteiger charge is 2.26. The van der Waals surface area contributed by atoms with Crippen molar-refractivity contribution in [2.24, 2.45) is 0 Å². The number of benzene rings is 2. The average molecular weight is 506 g/mol. The SMILES string of the molecule is COc1ccc(Cl)c2sc(N(CCN(C)C)C(=O)c3cc([N+](=O)[O-])ccc3Cl)nc12.Cl. The summed E-state index contributed by atoms with van der Waals surface area (Å²) in [7, 11) is 5.28. The third-order valence-electron chi connectivity index (χ3n) is 4.31. The standard InChI is InChI=1S/C19H18Cl2N4O4S.ClH/c1-23(2)8-9-24(18(26)12-10-11(25(27)28)4-5-13(12)20)19-22-16-15(29-3)7-6-14(21)17(16)30-19;/h4-7,10H,8-9H2,1-3H3;1H. The fourth-order valence-electron chi connectivity index (χ4n) is 2.74. The van der Waals surface area contributed by atoms with E-state index in [0.29, 0.717) is 39.2 Å². The fraction of sp³-hybridized carbons (Fsp3) is 0.263. The summed E-state index contributed by atoms with van der Waals surface area (Å²) in [4.78, 5) is 31.9. The van der Waals surface area contributed by atoms with Crippen molar-refractivity contribution in [2.75, 3.05) is 39.2 Å². The van der Waals surface area contributed by atoms with Crippen LogP contribution in [-0.2, 0) is 0 Å². The van der Waals surface area contributed by atoms with Crippen molar-refractivity contribution in [3.8, 4) is 5.75 Å². The van der Waals surface area contributed by atoms with E-state index >= 15 is 0 Å². The molecule has 0 aliphatic heterocycles. The lowest BCUT2D eigenvalue weighted by Gasteiger charge is -2.22. The molecule has 3 rings (SSSR count). The smallest absolute Gasteiger partial charge is 0.270 e. The van der Waals surface area contributed by atoms with Crippen LogP contribution in [0.2, 0.25) is 10.0 Å². The predicted octanol–water partition coefficient (Wildman–Crippen LogP) is 5.15. The van der Waals surface area contributed by atoms with Crippen molar-refractivity contribution >= 4 is 73.9 Å². The first-order valence-electron chi connectivity index (χ1n) is 8.76. The average Bonchev–Trinajstić information content (AvgIpc) is 3.14. The topological polar surface area (TPSA) is 88.8 Å². The summed E-state index contributed by atoms with van der Waals surface area (Å²) in [5.41, 5.74) is 0.351. The van der Waals surface area contributed by atoms with E-state index in [1.165, 1.54) is 41.5 Å². The number of halogens is 3. The number of anilines is 1. The zero-order valence-corrected chi connectivity index (χ0v) is 19.9. The highest BCUT2D eigenvalue weighted by molar-refractivity contribution is 7.23. The Kier molecular flexibility index (Phi) is 8.44. The molecule has 0 fully saturated rings. The first-order valence-corrected chi connectivity index (χ1v) is 10.3. The molecule has 0 aliphatic rings. The number of fused-ring (bicyclic) bond motifs is 1. The van der Waals surface area contributed by atoms with Crippen molar-refractivity contribution < 1.29 is 14.5 Å². The molecule has 0 atom stereocenters. The first kappa shape index (κ1) is 25.1. The van der Waals surface area contributed by atoms with Gasteiger partial charge in [0, 0.05) is 25.2 Å². The van der Waals surface area contributed by atoms with Gasteiger partial charge >= 0.3 is 0 Å². The summed E-state index contributed by atoms with van der Waals surface area (Å²) >= 11 is 13.8. The van der Waals surface area contributed by atoms with Crippen LogP contribution in [0.4, 0.5) is 10.8 Å². The van der Waals surface area contributed by atoms with Crippen LogP contribution in [0.5, 0.6) is 5.75 Å². The van der Waals surface area contributed by atoms with Crippen LogP contribution in [-0.4, -0.2) is 55.0 Å². The predicted molar refractivity (Wildman–Crippen MR) is 127 cm³/mol. The molecule has 12 heteroatoms. The molecule has 2 aromatic carbocycles. The Morgan fingerprint density at radius 1 is 1.19 bits per heavy atom. The quantitative estimate of drug-likeness (QED) is 0.326. The van der Waals surface area contributed by atoms with Crippen LogP contribution in [0, 0.1) is 10.1 Å². The minimum Gasteiger partial charge on any atom is -0.494 e. The van der Waals surface area contributed by atoms with E-state index in [-0.39, 0.29) is 28.7 Å². The Labute approximate surface area is 198 Å². The van der Waals surface area contributed by atoms with Crippen LogP contribution >= 0.6 is 46.9 Å². The molecular formula is C19H19Cl3N4O4S. The zero-order valence-electron chi connectivity index (χ0n) is 16.8. The number of thiazole rings is 1. The number of ether oxygens (including phenoxy) is 1. The lowest BCUT2D eigenvalue weighted by atomic mass is 10.1. The number of aromatic nitrogens is 1. The maximum atomic E-state index is 13.4. The van der Waals surface area contributed by atoms with Gasteiger partial charge in [0.1, 0.15) is 11.3 Å². The van der Waals surface area contributed by atoms with Crippen molar-refractivity contribution in [3.05, 3.63) is 56.1 Å². The van der Waals surface area contributed by atoms with Gasteiger partial charge < -0.3 is 9.64 Å². The second-order valence-corrected chi connectivity index (χ2v) is 8.40. The molecule has 1 aromatic heterocycles. The van der Waals surface area contributed by atoms with Gasteiger partial charge in [-0.15, -0.1) is 12.4 Å². The fourth-order valence-corrected chi connectivity index (χ4v) is 4.22. The number of carbonyl (C=O) groups is 1. The number of nitro benzene ring substituents is 1. The Morgan fingerprint density at radius 3 is 2.48 bits per heavy atom. The largest absolute Gasteiger partial charge is 0.494 e. The first-order chi connectivity index (χ1) is 14.2. The highest BCUT2D eigenvalue weighted by atomic mass is 35.5. The maximum absolute atomic E-state index is 13.4. The van der Waals surface area contributed by atoms with E-state index in [0.717, 1.165) is 0 Å². The summed E-state index contributed by atoms with van der Waals surface area (Å²) in [6, 6.07) is 7.18. The number of nitrogens with zero attached hydrogens (tertiary/aromatic N) is 4. The number of hydrogen-bond acceptors (Lipinski definition) is 7. The molecule has 1 amide bonds. The lowest BCUT2D eigenvalue weighted by Crippen LogP contribution is -2.37. The number of non-ortho nitro benzene ring substituents is 1. The molecular weight excluding hydrogens is 487 g/mol. The molecule has 0 saturated heterocycles. The molecule has 0 radical (unpaired) electrons. The van der Waals surface area contributed by atoms with Gasteiger partial charge in [0.2, 0.25) is 0 Å². The van der Waals surface area contributed by atoms with E-state index < -0.39 is 10.8 Å². The van der Waals surface area contributed by atoms with E-state index in [4.69, 9.17) is 27.9 Å². The number of amides is 1. The molecule has 0 bridgehead atoms. The number of nitro groups is 1. The molecule has 0 saturated carbocycles. The third kappa shape index (κ3) is 5.36. The normalized spacial score (nSPS) is 10.8. The summed E-state index contributed by atoms with van der Waals surface area (Å²) < 4.78 is 6.04. The summed E-state index contributed by atoms with van der Waals surface area (Å²) in [5, 5.41) is 12.2. The summed E-state index contributed by atoms with van der Waals surface area (Å²) in [6.07, 6.45) is 0. The van der Waals surface area contributed by atoms with Crippen LogP contribution in [0.3, 0.4) is 0 Å². The minimum atomic E-state index is -0.570. The van der Waals surface area contributed by atoms with Crippen molar-refractivity contribution in [1.29, 1.82) is 0 Å². The number of likely N-dealkylation sites (N-methyl/N-ethyl adjacent to an activating group) is 1. The van der Waals surface area contributed by atoms with E-state index in [9.17, 15) is 14.9 Å². The van der Waals surface area contributed by atoms with Gasteiger partial charge in [0.05, 0.1) is 32.3 Å². The Balaban J connectivity index is 0.00000341. The van der Waals surface area contributed by atoms with E-state index in [1.54, 1.807) is 12.1 Å². The van der Waals surface area contributed by atoms with Crippen molar-refractivity contribution in [3.63, 3.8) is 0 Å². The molecule has 0 unspecified atom stereocenters. The van der Waals surface area contributed by atoms with Gasteiger partial charge in [-0.3, -0.25) is 19.8 Å². The lowest BCUT2D eigenvalue weighted by molar-refractivity contribution is -0.384. The second-order valence-electron chi connectivity index (χ2n) is 6.61. The molecule has 0 spiro atoms. The highest BCUT2D eigenvalue weighted by Crippen LogP contribution is 2.39. The molecule has 3 aromatic rings. The molecule has 0 aliphatic carbocycles. The van der Waals surface area contributed by atoms with Crippen LogP contribution < -0.4 is 9.64 Å². The van der Waals surface area contributed by atoms with Gasteiger partial charge in [-0.1, -0.05) is 34.5 Å². The molecule has 8 nitrogen and oxygen atoms in total. The van der Waals surface area contributed by atoms with Crippen LogP contribution in [0.1, 0.15) is 10.4 Å². The van der Waals surface area contributed by atoms with Gasteiger partial charge in [-0.25, -0.2) is 4.98 Å². The van der Waals surface area contributed by atoms with Crippen LogP contribution in [0.25, 0.3) is 10.2 Å². The molecule has 31 heavy (non-hydrogen) atoms. The molecule has 1 heterocycles.